The van der Waals surface area contributed by atoms with Gasteiger partial charge in [-0.1, -0.05) is 5.11 Å². The number of benzene rings is 1. The van der Waals surface area contributed by atoms with Crippen molar-refractivity contribution in [3.63, 3.8) is 0 Å². The lowest BCUT2D eigenvalue weighted by atomic mass is 10.1. The Morgan fingerprint density at radius 1 is 1.38 bits per heavy atom. The minimum absolute atomic E-state index is 0.429. The molecule has 0 aliphatic rings. The van der Waals surface area contributed by atoms with Gasteiger partial charge in [0.25, 0.3) is 0 Å². The van der Waals surface area contributed by atoms with Crippen molar-refractivity contribution in [3.05, 3.63) is 32.6 Å². The van der Waals surface area contributed by atoms with E-state index < -0.39 is 0 Å². The Labute approximate surface area is 102 Å². The lowest BCUT2D eigenvalue weighted by molar-refractivity contribution is 0.352. The number of methoxy groups -OCH3 is 2. The van der Waals surface area contributed by atoms with Gasteiger partial charge in [0.2, 0.25) is 0 Å². The van der Waals surface area contributed by atoms with E-state index >= 15 is 0 Å². The van der Waals surface area contributed by atoms with Crippen LogP contribution in [0.4, 0.5) is 0 Å². The maximum atomic E-state index is 8.19. The van der Waals surface area contributed by atoms with Gasteiger partial charge < -0.3 is 9.47 Å². The first-order valence-corrected chi connectivity index (χ1v) is 5.43. The smallest absolute Gasteiger partial charge is 0.174 e. The van der Waals surface area contributed by atoms with Crippen LogP contribution >= 0.6 is 15.9 Å². The molecule has 0 amide bonds. The second kappa shape index (κ2) is 6.25. The zero-order valence-electron chi connectivity index (χ0n) is 9.11. The Balaban J connectivity index is 2.95. The van der Waals surface area contributed by atoms with E-state index in [1.165, 1.54) is 0 Å². The van der Waals surface area contributed by atoms with Crippen LogP contribution in [0.5, 0.6) is 11.5 Å². The standard InChI is InChI=1S/C10H12BrN3O2/c1-15-9-6-7(3-4-13-14-12)5-8(11)10(9)16-2/h5-6H,3-4H2,1-2H3. The van der Waals surface area contributed by atoms with Crippen molar-refractivity contribution in [1.29, 1.82) is 0 Å². The summed E-state index contributed by atoms with van der Waals surface area (Å²) in [4.78, 5) is 2.71. The molecule has 1 aromatic carbocycles. The Morgan fingerprint density at radius 2 is 2.12 bits per heavy atom. The van der Waals surface area contributed by atoms with Crippen LogP contribution in [0.15, 0.2) is 21.7 Å². The minimum Gasteiger partial charge on any atom is -0.493 e. The number of rotatable bonds is 5. The molecule has 0 unspecified atom stereocenters. The third kappa shape index (κ3) is 3.05. The number of ether oxygens (including phenoxy) is 2. The number of hydrogen-bond donors (Lipinski definition) is 0. The molecule has 0 spiro atoms. The van der Waals surface area contributed by atoms with Crippen molar-refractivity contribution >= 4 is 15.9 Å². The monoisotopic (exact) mass is 285 g/mol. The molecule has 0 atom stereocenters. The predicted octanol–water partition coefficient (Wildman–Crippen LogP) is 3.32. The predicted molar refractivity (Wildman–Crippen MR) is 65.0 cm³/mol. The van der Waals surface area contributed by atoms with Gasteiger partial charge in [-0.3, -0.25) is 0 Å². The van der Waals surface area contributed by atoms with Gasteiger partial charge in [0, 0.05) is 11.5 Å². The van der Waals surface area contributed by atoms with E-state index in [9.17, 15) is 0 Å². The molecule has 0 heterocycles. The molecule has 0 N–H and O–H groups in total. The maximum Gasteiger partial charge on any atom is 0.174 e. The van der Waals surface area contributed by atoms with Gasteiger partial charge in [-0.15, -0.1) is 0 Å². The van der Waals surface area contributed by atoms with Crippen LogP contribution in [0.3, 0.4) is 0 Å². The third-order valence-corrected chi connectivity index (χ3v) is 2.65. The van der Waals surface area contributed by atoms with Gasteiger partial charge in [0.15, 0.2) is 11.5 Å². The summed E-state index contributed by atoms with van der Waals surface area (Å²) >= 11 is 3.40. The largest absolute Gasteiger partial charge is 0.493 e. The topological polar surface area (TPSA) is 67.2 Å². The molecule has 0 aromatic heterocycles. The molecule has 0 saturated heterocycles. The van der Waals surface area contributed by atoms with Crippen LogP contribution in [0.25, 0.3) is 10.4 Å². The zero-order chi connectivity index (χ0) is 12.0. The summed E-state index contributed by atoms with van der Waals surface area (Å²) < 4.78 is 11.2. The minimum atomic E-state index is 0.429. The second-order valence-electron chi connectivity index (χ2n) is 3.02. The quantitative estimate of drug-likeness (QED) is 0.473. The Bertz CT molecular complexity index is 417. The van der Waals surface area contributed by atoms with Gasteiger partial charge in [0.05, 0.1) is 18.7 Å². The Hall–Kier alpha value is -1.39. The van der Waals surface area contributed by atoms with Crippen molar-refractivity contribution in [2.24, 2.45) is 5.11 Å². The zero-order valence-corrected chi connectivity index (χ0v) is 10.7. The Kier molecular flexibility index (Phi) is 4.95. The van der Waals surface area contributed by atoms with E-state index in [0.29, 0.717) is 24.5 Å². The van der Waals surface area contributed by atoms with Gasteiger partial charge in [0.1, 0.15) is 0 Å². The van der Waals surface area contributed by atoms with E-state index in [2.05, 4.69) is 26.0 Å². The van der Waals surface area contributed by atoms with E-state index in [1.807, 2.05) is 12.1 Å². The van der Waals surface area contributed by atoms with Crippen molar-refractivity contribution in [1.82, 2.24) is 0 Å². The first-order chi connectivity index (χ1) is 7.72. The van der Waals surface area contributed by atoms with Crippen molar-refractivity contribution in [2.75, 3.05) is 20.8 Å². The van der Waals surface area contributed by atoms with E-state index in [1.54, 1.807) is 14.2 Å². The van der Waals surface area contributed by atoms with Crippen LogP contribution < -0.4 is 9.47 Å². The summed E-state index contributed by atoms with van der Waals surface area (Å²) in [5.41, 5.74) is 9.21. The summed E-state index contributed by atoms with van der Waals surface area (Å²) in [6, 6.07) is 3.80. The fraction of sp³-hybridized carbons (Fsp3) is 0.400. The molecule has 86 valence electrons. The molecule has 5 nitrogen and oxygen atoms in total. The lowest BCUT2D eigenvalue weighted by Gasteiger charge is -2.11. The highest BCUT2D eigenvalue weighted by Gasteiger charge is 2.09. The highest BCUT2D eigenvalue weighted by atomic mass is 79.9. The van der Waals surface area contributed by atoms with Crippen molar-refractivity contribution in [3.8, 4) is 11.5 Å². The SMILES string of the molecule is COc1cc(CCN=[N+]=[N-])cc(Br)c1OC. The fourth-order valence-electron chi connectivity index (χ4n) is 1.34. The van der Waals surface area contributed by atoms with Crippen LogP contribution in [0.1, 0.15) is 5.56 Å². The number of halogens is 1. The molecular weight excluding hydrogens is 274 g/mol. The molecule has 0 aliphatic heterocycles. The molecule has 1 aromatic rings. The molecule has 0 bridgehead atoms. The van der Waals surface area contributed by atoms with Gasteiger partial charge in [-0.2, -0.15) is 0 Å². The fourth-order valence-corrected chi connectivity index (χ4v) is 1.99. The van der Waals surface area contributed by atoms with E-state index in [0.717, 1.165) is 10.0 Å². The first kappa shape index (κ1) is 12.7. The summed E-state index contributed by atoms with van der Waals surface area (Å²) in [6.45, 7) is 0.429. The molecule has 0 radical (unpaired) electrons. The van der Waals surface area contributed by atoms with Crippen LogP contribution in [-0.4, -0.2) is 20.8 Å². The third-order valence-electron chi connectivity index (χ3n) is 2.06. The molecule has 6 heteroatoms. The van der Waals surface area contributed by atoms with Crippen molar-refractivity contribution < 1.29 is 9.47 Å². The van der Waals surface area contributed by atoms with Gasteiger partial charge >= 0.3 is 0 Å². The lowest BCUT2D eigenvalue weighted by Crippen LogP contribution is -1.95. The highest BCUT2D eigenvalue weighted by Crippen LogP contribution is 2.36. The first-order valence-electron chi connectivity index (χ1n) is 4.64. The molecular formula is C10H12BrN3O2. The number of hydrogen-bond acceptors (Lipinski definition) is 3. The summed E-state index contributed by atoms with van der Waals surface area (Å²) in [6.07, 6.45) is 0.670. The maximum absolute atomic E-state index is 8.19. The average Bonchev–Trinajstić information content (AvgIpc) is 2.28. The molecule has 1 rings (SSSR count). The Morgan fingerprint density at radius 3 is 2.69 bits per heavy atom. The molecule has 0 saturated carbocycles. The normalized spacial score (nSPS) is 9.44. The van der Waals surface area contributed by atoms with Gasteiger partial charge in [-0.05, 0) is 45.6 Å². The highest BCUT2D eigenvalue weighted by molar-refractivity contribution is 9.10. The second-order valence-corrected chi connectivity index (χ2v) is 3.87. The molecule has 16 heavy (non-hydrogen) atoms. The number of nitrogens with zero attached hydrogens (tertiary/aromatic N) is 3. The van der Waals surface area contributed by atoms with Crippen LogP contribution in [-0.2, 0) is 6.42 Å². The van der Waals surface area contributed by atoms with Gasteiger partial charge in [-0.25, -0.2) is 0 Å². The molecule has 0 aliphatic carbocycles. The van der Waals surface area contributed by atoms with E-state index in [4.69, 9.17) is 15.0 Å². The average molecular weight is 286 g/mol. The summed E-state index contributed by atoms with van der Waals surface area (Å²) in [5, 5.41) is 3.49. The van der Waals surface area contributed by atoms with Crippen LogP contribution in [0.2, 0.25) is 0 Å². The number of azide groups is 1. The summed E-state index contributed by atoms with van der Waals surface area (Å²) in [5.74, 6) is 1.32. The summed E-state index contributed by atoms with van der Waals surface area (Å²) in [7, 11) is 3.17. The van der Waals surface area contributed by atoms with E-state index in [-0.39, 0.29) is 0 Å². The molecule has 0 fully saturated rings. The van der Waals surface area contributed by atoms with Crippen molar-refractivity contribution in [2.45, 2.75) is 6.42 Å². The van der Waals surface area contributed by atoms with Crippen LogP contribution in [0, 0.1) is 0 Å².